The second-order valence-corrected chi connectivity index (χ2v) is 4.36. The van der Waals surface area contributed by atoms with Crippen molar-refractivity contribution in [1.29, 1.82) is 0 Å². The molecule has 1 rings (SSSR count). The van der Waals surface area contributed by atoms with Crippen molar-refractivity contribution in [1.82, 2.24) is 0 Å². The van der Waals surface area contributed by atoms with Crippen LogP contribution in [0, 0.1) is 5.92 Å². The molecule has 0 spiro atoms. The number of amides is 1. The van der Waals surface area contributed by atoms with E-state index in [1.165, 1.54) is 0 Å². The first-order chi connectivity index (χ1) is 8.49. The third-order valence-electron chi connectivity index (χ3n) is 3.06. The first-order valence-corrected chi connectivity index (χ1v) is 5.99. The summed E-state index contributed by atoms with van der Waals surface area (Å²) in [6.07, 6.45) is 0.860. The molecule has 0 aliphatic heterocycles. The van der Waals surface area contributed by atoms with E-state index in [1.54, 1.807) is 25.3 Å². The standard InChI is InChI=1S/C13H21N3O2/c1-4-8(2)12(15)13(17)16-9-5-6-11(18-3)10(14)7-9/h5-8,12H,4,14-15H2,1-3H3,(H,16,17). The van der Waals surface area contributed by atoms with Crippen LogP contribution in [0.15, 0.2) is 18.2 Å². The molecule has 0 saturated carbocycles. The minimum Gasteiger partial charge on any atom is -0.495 e. The van der Waals surface area contributed by atoms with Gasteiger partial charge in [-0.1, -0.05) is 20.3 Å². The molecule has 2 atom stereocenters. The van der Waals surface area contributed by atoms with E-state index in [9.17, 15) is 4.79 Å². The summed E-state index contributed by atoms with van der Waals surface area (Å²) in [5.41, 5.74) is 12.7. The maximum atomic E-state index is 11.9. The highest BCUT2D eigenvalue weighted by atomic mass is 16.5. The van der Waals surface area contributed by atoms with E-state index < -0.39 is 6.04 Å². The van der Waals surface area contributed by atoms with Gasteiger partial charge in [0.25, 0.3) is 0 Å². The number of carbonyl (C=O) groups excluding carboxylic acids is 1. The van der Waals surface area contributed by atoms with E-state index in [-0.39, 0.29) is 11.8 Å². The maximum absolute atomic E-state index is 11.9. The zero-order valence-electron chi connectivity index (χ0n) is 11.1. The summed E-state index contributed by atoms with van der Waals surface area (Å²) in [6.45, 7) is 3.95. The Kier molecular flexibility index (Phi) is 4.97. The number of methoxy groups -OCH3 is 1. The van der Waals surface area contributed by atoms with E-state index in [0.717, 1.165) is 6.42 Å². The Balaban J connectivity index is 2.73. The van der Waals surface area contributed by atoms with Crippen molar-refractivity contribution in [2.45, 2.75) is 26.3 Å². The molecule has 18 heavy (non-hydrogen) atoms. The molecule has 0 bridgehead atoms. The van der Waals surface area contributed by atoms with Crippen LogP contribution in [0.3, 0.4) is 0 Å². The number of ether oxygens (including phenoxy) is 1. The largest absolute Gasteiger partial charge is 0.495 e. The molecule has 5 heteroatoms. The maximum Gasteiger partial charge on any atom is 0.241 e. The number of hydrogen-bond donors (Lipinski definition) is 3. The highest BCUT2D eigenvalue weighted by Gasteiger charge is 2.19. The van der Waals surface area contributed by atoms with E-state index >= 15 is 0 Å². The molecule has 5 nitrogen and oxygen atoms in total. The number of carbonyl (C=O) groups is 1. The Morgan fingerprint density at radius 1 is 1.50 bits per heavy atom. The molecule has 0 aliphatic rings. The third kappa shape index (κ3) is 3.37. The smallest absolute Gasteiger partial charge is 0.241 e. The van der Waals surface area contributed by atoms with Crippen molar-refractivity contribution in [3.63, 3.8) is 0 Å². The number of benzene rings is 1. The van der Waals surface area contributed by atoms with Gasteiger partial charge in [-0.15, -0.1) is 0 Å². The van der Waals surface area contributed by atoms with E-state index in [1.807, 2.05) is 13.8 Å². The molecular formula is C13H21N3O2. The van der Waals surface area contributed by atoms with Crippen molar-refractivity contribution < 1.29 is 9.53 Å². The molecular weight excluding hydrogens is 230 g/mol. The van der Waals surface area contributed by atoms with Gasteiger partial charge in [0.15, 0.2) is 0 Å². The van der Waals surface area contributed by atoms with Gasteiger partial charge in [-0.05, 0) is 24.1 Å². The molecule has 1 amide bonds. The zero-order valence-corrected chi connectivity index (χ0v) is 11.1. The number of rotatable bonds is 5. The van der Waals surface area contributed by atoms with Crippen LogP contribution in [0.2, 0.25) is 0 Å². The van der Waals surface area contributed by atoms with Gasteiger partial charge in [0, 0.05) is 5.69 Å². The Morgan fingerprint density at radius 3 is 2.67 bits per heavy atom. The van der Waals surface area contributed by atoms with Crippen molar-refractivity contribution >= 4 is 17.3 Å². The van der Waals surface area contributed by atoms with Crippen molar-refractivity contribution in [3.8, 4) is 5.75 Å². The second-order valence-electron chi connectivity index (χ2n) is 4.36. The molecule has 2 unspecified atom stereocenters. The van der Waals surface area contributed by atoms with E-state index in [4.69, 9.17) is 16.2 Å². The average Bonchev–Trinajstić information content (AvgIpc) is 2.37. The van der Waals surface area contributed by atoms with Crippen LogP contribution < -0.4 is 21.5 Å². The predicted molar refractivity (Wildman–Crippen MR) is 73.5 cm³/mol. The zero-order chi connectivity index (χ0) is 13.7. The van der Waals surface area contributed by atoms with Gasteiger partial charge in [0.2, 0.25) is 5.91 Å². The van der Waals surface area contributed by atoms with Gasteiger partial charge >= 0.3 is 0 Å². The number of nitrogen functional groups attached to an aromatic ring is 1. The fraction of sp³-hybridized carbons (Fsp3) is 0.462. The van der Waals surface area contributed by atoms with Gasteiger partial charge in [0.05, 0.1) is 18.8 Å². The van der Waals surface area contributed by atoms with Crippen LogP contribution in [0.25, 0.3) is 0 Å². The van der Waals surface area contributed by atoms with Crippen LogP contribution in [0.4, 0.5) is 11.4 Å². The Hall–Kier alpha value is -1.75. The number of nitrogens with two attached hydrogens (primary N) is 2. The molecule has 0 aromatic heterocycles. The highest BCUT2D eigenvalue weighted by molar-refractivity contribution is 5.95. The topological polar surface area (TPSA) is 90.4 Å². The van der Waals surface area contributed by atoms with Crippen LogP contribution in [-0.4, -0.2) is 19.1 Å². The molecule has 1 aromatic rings. The summed E-state index contributed by atoms with van der Waals surface area (Å²) in [4.78, 5) is 11.9. The van der Waals surface area contributed by atoms with Crippen molar-refractivity contribution in [3.05, 3.63) is 18.2 Å². The van der Waals surface area contributed by atoms with Crippen LogP contribution in [-0.2, 0) is 4.79 Å². The fourth-order valence-corrected chi connectivity index (χ4v) is 1.55. The van der Waals surface area contributed by atoms with Gasteiger partial charge in [-0.25, -0.2) is 0 Å². The lowest BCUT2D eigenvalue weighted by molar-refractivity contribution is -0.118. The SMILES string of the molecule is CCC(C)C(N)C(=O)Nc1ccc(OC)c(N)c1. The van der Waals surface area contributed by atoms with Crippen LogP contribution in [0.5, 0.6) is 5.75 Å². The minimum absolute atomic E-state index is 0.139. The minimum atomic E-state index is -0.515. The summed E-state index contributed by atoms with van der Waals surface area (Å²) in [6, 6.07) is 4.58. The Morgan fingerprint density at radius 2 is 2.17 bits per heavy atom. The lowest BCUT2D eigenvalue weighted by Gasteiger charge is -2.18. The van der Waals surface area contributed by atoms with E-state index in [0.29, 0.717) is 17.1 Å². The summed E-state index contributed by atoms with van der Waals surface area (Å²) in [5, 5.41) is 2.75. The van der Waals surface area contributed by atoms with Gasteiger partial charge in [0.1, 0.15) is 5.75 Å². The van der Waals surface area contributed by atoms with Gasteiger partial charge in [-0.3, -0.25) is 4.79 Å². The van der Waals surface area contributed by atoms with Crippen LogP contribution in [0.1, 0.15) is 20.3 Å². The van der Waals surface area contributed by atoms with Crippen molar-refractivity contribution in [2.24, 2.45) is 11.7 Å². The Bertz CT molecular complexity index is 421. The van der Waals surface area contributed by atoms with Gasteiger partial charge in [-0.2, -0.15) is 0 Å². The second kappa shape index (κ2) is 6.26. The van der Waals surface area contributed by atoms with Crippen molar-refractivity contribution in [2.75, 3.05) is 18.2 Å². The molecule has 0 saturated heterocycles. The summed E-state index contributed by atoms with van der Waals surface area (Å²) in [5.74, 6) is 0.522. The average molecular weight is 251 g/mol. The quantitative estimate of drug-likeness (QED) is 0.693. The Labute approximate surface area is 107 Å². The normalized spacial score (nSPS) is 13.8. The number of hydrogen-bond acceptors (Lipinski definition) is 4. The first kappa shape index (κ1) is 14.3. The lowest BCUT2D eigenvalue weighted by atomic mass is 9.99. The summed E-state index contributed by atoms with van der Waals surface area (Å²) < 4.78 is 5.05. The summed E-state index contributed by atoms with van der Waals surface area (Å²) in [7, 11) is 1.54. The molecule has 100 valence electrons. The van der Waals surface area contributed by atoms with Gasteiger partial charge < -0.3 is 21.5 Å². The fourth-order valence-electron chi connectivity index (χ4n) is 1.55. The molecule has 5 N–H and O–H groups in total. The number of anilines is 2. The monoisotopic (exact) mass is 251 g/mol. The van der Waals surface area contributed by atoms with Crippen LogP contribution >= 0.6 is 0 Å². The molecule has 0 radical (unpaired) electrons. The number of nitrogens with one attached hydrogen (secondary N) is 1. The highest BCUT2D eigenvalue weighted by Crippen LogP contribution is 2.24. The molecule has 0 aliphatic carbocycles. The molecule has 1 aromatic carbocycles. The predicted octanol–water partition coefficient (Wildman–Crippen LogP) is 1.59. The van der Waals surface area contributed by atoms with E-state index in [2.05, 4.69) is 5.32 Å². The molecule has 0 fully saturated rings. The third-order valence-corrected chi connectivity index (χ3v) is 3.06. The summed E-state index contributed by atoms with van der Waals surface area (Å²) >= 11 is 0. The molecule has 0 heterocycles. The lowest BCUT2D eigenvalue weighted by Crippen LogP contribution is -2.40. The first-order valence-electron chi connectivity index (χ1n) is 5.99.